The number of anilines is 1. The molecule has 1 atom stereocenters. The molecule has 1 aromatic carbocycles. The van der Waals surface area contributed by atoms with Crippen LogP contribution in [0.25, 0.3) is 0 Å². The first-order valence-electron chi connectivity index (χ1n) is 5.99. The van der Waals surface area contributed by atoms with E-state index in [0.29, 0.717) is 21.9 Å². The summed E-state index contributed by atoms with van der Waals surface area (Å²) in [5.41, 5.74) is 1.50. The number of fused-ring (bicyclic) bond motifs is 1. The van der Waals surface area contributed by atoms with Crippen LogP contribution >= 0.6 is 27.5 Å². The van der Waals surface area contributed by atoms with E-state index in [1.54, 1.807) is 6.07 Å². The summed E-state index contributed by atoms with van der Waals surface area (Å²) in [4.78, 5) is 16.3. The van der Waals surface area contributed by atoms with Gasteiger partial charge in [0.15, 0.2) is 0 Å². The van der Waals surface area contributed by atoms with Crippen LogP contribution in [0.3, 0.4) is 0 Å². The van der Waals surface area contributed by atoms with Crippen molar-refractivity contribution >= 4 is 39.1 Å². The minimum atomic E-state index is -0.305. The van der Waals surface area contributed by atoms with Gasteiger partial charge in [0.2, 0.25) is 5.91 Å². The Hall–Kier alpha value is -1.59. The summed E-state index contributed by atoms with van der Waals surface area (Å²) in [5, 5.41) is 3.18. The Bertz CT molecular complexity index is 678. The molecule has 1 N–H and O–H groups in total. The molecular formula is C14H10BrClN2O2. The topological polar surface area (TPSA) is 51.2 Å². The third kappa shape index (κ3) is 2.51. The first kappa shape index (κ1) is 13.4. The smallest absolute Gasteiger partial charge is 0.235 e. The molecule has 6 heteroatoms. The molecule has 1 aromatic heterocycles. The number of carbonyl (C=O) groups is 1. The van der Waals surface area contributed by atoms with Crippen molar-refractivity contribution in [1.82, 2.24) is 4.98 Å². The van der Waals surface area contributed by atoms with E-state index in [1.807, 2.05) is 24.3 Å². The van der Waals surface area contributed by atoms with Crippen molar-refractivity contribution in [3.05, 3.63) is 51.7 Å². The fraction of sp³-hybridized carbons (Fsp3) is 0.143. The number of hydrogen-bond acceptors (Lipinski definition) is 3. The maximum atomic E-state index is 12.3. The summed E-state index contributed by atoms with van der Waals surface area (Å²) in [5.74, 6) is 0.342. The minimum Gasteiger partial charge on any atom is -0.492 e. The van der Waals surface area contributed by atoms with Crippen molar-refractivity contribution in [3.8, 4) is 5.75 Å². The van der Waals surface area contributed by atoms with E-state index in [4.69, 9.17) is 16.3 Å². The Kier molecular flexibility index (Phi) is 3.63. The summed E-state index contributed by atoms with van der Waals surface area (Å²) in [6.07, 6.45) is 1.52. The van der Waals surface area contributed by atoms with Gasteiger partial charge in [-0.25, -0.2) is 4.98 Å². The molecule has 0 radical (unpaired) electrons. The molecule has 1 unspecified atom stereocenters. The average Bonchev–Trinajstić information content (AvgIpc) is 2.87. The second-order valence-electron chi connectivity index (χ2n) is 4.39. The second kappa shape index (κ2) is 5.42. The highest BCUT2D eigenvalue weighted by Crippen LogP contribution is 2.34. The van der Waals surface area contributed by atoms with Gasteiger partial charge in [-0.05, 0) is 28.1 Å². The highest BCUT2D eigenvalue weighted by molar-refractivity contribution is 9.10. The van der Waals surface area contributed by atoms with Gasteiger partial charge >= 0.3 is 0 Å². The Balaban J connectivity index is 1.79. The maximum absolute atomic E-state index is 12.3. The fourth-order valence-corrected chi connectivity index (χ4v) is 2.55. The van der Waals surface area contributed by atoms with Crippen LogP contribution in [0.4, 0.5) is 5.69 Å². The van der Waals surface area contributed by atoms with Crippen LogP contribution in [-0.2, 0) is 4.79 Å². The standard InChI is InChI=1S/C14H10BrClN2O2/c15-11-5-8(6-17-13(11)16)18-14(19)10-7-20-12-4-2-1-3-9(10)12/h1-6,10H,7H2,(H,18,19). The second-order valence-corrected chi connectivity index (χ2v) is 5.60. The lowest BCUT2D eigenvalue weighted by Gasteiger charge is -2.10. The lowest BCUT2D eigenvalue weighted by molar-refractivity contribution is -0.117. The van der Waals surface area contributed by atoms with Crippen LogP contribution in [0, 0.1) is 0 Å². The summed E-state index contributed by atoms with van der Waals surface area (Å²) < 4.78 is 6.14. The molecule has 102 valence electrons. The quantitative estimate of drug-likeness (QED) is 0.839. The van der Waals surface area contributed by atoms with Crippen molar-refractivity contribution < 1.29 is 9.53 Å². The highest BCUT2D eigenvalue weighted by Gasteiger charge is 2.30. The van der Waals surface area contributed by atoms with E-state index in [-0.39, 0.29) is 11.8 Å². The number of para-hydroxylation sites is 1. The molecule has 4 nitrogen and oxygen atoms in total. The summed E-state index contributed by atoms with van der Waals surface area (Å²) in [6, 6.07) is 9.27. The maximum Gasteiger partial charge on any atom is 0.235 e. The van der Waals surface area contributed by atoms with E-state index in [2.05, 4.69) is 26.2 Å². The zero-order valence-corrected chi connectivity index (χ0v) is 12.6. The zero-order chi connectivity index (χ0) is 14.1. The molecule has 2 heterocycles. The Morgan fingerprint density at radius 3 is 3.05 bits per heavy atom. The number of rotatable bonds is 2. The van der Waals surface area contributed by atoms with Gasteiger partial charge in [0.05, 0.1) is 16.4 Å². The zero-order valence-electron chi connectivity index (χ0n) is 10.3. The van der Waals surface area contributed by atoms with Gasteiger partial charge in [0, 0.05) is 5.56 Å². The molecule has 0 spiro atoms. The minimum absolute atomic E-state index is 0.119. The molecule has 0 saturated carbocycles. The molecule has 1 aliphatic heterocycles. The number of amides is 1. The Morgan fingerprint density at radius 1 is 1.45 bits per heavy atom. The summed E-state index contributed by atoms with van der Waals surface area (Å²) in [7, 11) is 0. The van der Waals surface area contributed by atoms with E-state index in [9.17, 15) is 4.79 Å². The molecular weight excluding hydrogens is 344 g/mol. The van der Waals surface area contributed by atoms with Crippen LogP contribution in [0.15, 0.2) is 41.0 Å². The van der Waals surface area contributed by atoms with Crippen molar-refractivity contribution in [2.45, 2.75) is 5.92 Å². The van der Waals surface area contributed by atoms with Crippen molar-refractivity contribution in [2.75, 3.05) is 11.9 Å². The first-order chi connectivity index (χ1) is 9.65. The lowest BCUT2D eigenvalue weighted by atomic mass is 10.0. The number of nitrogens with zero attached hydrogens (tertiary/aromatic N) is 1. The van der Waals surface area contributed by atoms with Gasteiger partial charge in [0.1, 0.15) is 23.4 Å². The fourth-order valence-electron chi connectivity index (χ4n) is 2.10. The van der Waals surface area contributed by atoms with Gasteiger partial charge in [-0.3, -0.25) is 4.79 Å². The number of aromatic nitrogens is 1. The average molecular weight is 354 g/mol. The van der Waals surface area contributed by atoms with Crippen LogP contribution in [0.2, 0.25) is 5.15 Å². The molecule has 1 amide bonds. The number of carbonyl (C=O) groups excluding carboxylic acids is 1. The van der Waals surface area contributed by atoms with Gasteiger partial charge in [-0.2, -0.15) is 0 Å². The van der Waals surface area contributed by atoms with Gasteiger partial charge < -0.3 is 10.1 Å². The highest BCUT2D eigenvalue weighted by atomic mass is 79.9. The molecule has 0 bridgehead atoms. The van der Waals surface area contributed by atoms with E-state index < -0.39 is 0 Å². The molecule has 0 saturated heterocycles. The number of ether oxygens (including phenoxy) is 1. The normalized spacial score (nSPS) is 16.4. The lowest BCUT2D eigenvalue weighted by Crippen LogP contribution is -2.22. The van der Waals surface area contributed by atoms with Gasteiger partial charge in [-0.15, -0.1) is 0 Å². The predicted molar refractivity (Wildman–Crippen MR) is 80.3 cm³/mol. The van der Waals surface area contributed by atoms with Crippen molar-refractivity contribution in [3.63, 3.8) is 0 Å². The van der Waals surface area contributed by atoms with E-state index >= 15 is 0 Å². The molecule has 20 heavy (non-hydrogen) atoms. The van der Waals surface area contributed by atoms with Crippen molar-refractivity contribution in [1.29, 1.82) is 0 Å². The van der Waals surface area contributed by atoms with Crippen LogP contribution in [-0.4, -0.2) is 17.5 Å². The van der Waals surface area contributed by atoms with E-state index in [0.717, 1.165) is 11.3 Å². The van der Waals surface area contributed by atoms with Crippen molar-refractivity contribution in [2.24, 2.45) is 0 Å². The first-order valence-corrected chi connectivity index (χ1v) is 7.16. The third-order valence-corrected chi connectivity index (χ3v) is 4.21. The summed E-state index contributed by atoms with van der Waals surface area (Å²) >= 11 is 9.10. The number of nitrogens with one attached hydrogen (secondary N) is 1. The van der Waals surface area contributed by atoms with Crippen LogP contribution in [0.1, 0.15) is 11.5 Å². The molecule has 0 aliphatic carbocycles. The Labute approximate surface area is 129 Å². The van der Waals surface area contributed by atoms with E-state index in [1.165, 1.54) is 6.20 Å². The molecule has 0 fully saturated rings. The molecule has 1 aliphatic rings. The SMILES string of the molecule is O=C(Nc1cnc(Cl)c(Br)c1)C1COc2ccccc21. The Morgan fingerprint density at radius 2 is 2.25 bits per heavy atom. The van der Waals surface area contributed by atoms with Crippen LogP contribution < -0.4 is 10.1 Å². The predicted octanol–water partition coefficient (Wildman–Crippen LogP) is 3.61. The largest absolute Gasteiger partial charge is 0.492 e. The number of halogens is 2. The number of benzene rings is 1. The van der Waals surface area contributed by atoms with Crippen LogP contribution in [0.5, 0.6) is 5.75 Å². The molecule has 3 rings (SSSR count). The van der Waals surface area contributed by atoms with Gasteiger partial charge in [-0.1, -0.05) is 29.8 Å². The third-order valence-electron chi connectivity index (χ3n) is 3.08. The monoisotopic (exact) mass is 352 g/mol. The number of hydrogen-bond donors (Lipinski definition) is 1. The number of pyridine rings is 1. The molecule has 2 aromatic rings. The van der Waals surface area contributed by atoms with Gasteiger partial charge in [0.25, 0.3) is 0 Å². The summed E-state index contributed by atoms with van der Waals surface area (Å²) in [6.45, 7) is 0.355.